The Hall–Kier alpha value is -2.05. The molecule has 1 aliphatic rings. The van der Waals surface area contributed by atoms with Crippen LogP contribution in [0.5, 0.6) is 11.5 Å². The SMILES string of the molecule is CCOC(=O)[C@]1(C)CC(CCCOc2ccc(OC)cc2)=C[C@H](OCC)O1. The molecule has 1 heterocycles. The maximum atomic E-state index is 12.3. The minimum atomic E-state index is -1.02. The van der Waals surface area contributed by atoms with Gasteiger partial charge in [-0.05, 0) is 64.0 Å². The second-order valence-corrected chi connectivity index (χ2v) is 6.52. The number of methoxy groups -OCH3 is 1. The number of carbonyl (C=O) groups excluding carboxylic acids is 1. The largest absolute Gasteiger partial charge is 0.497 e. The highest BCUT2D eigenvalue weighted by molar-refractivity contribution is 5.79. The summed E-state index contributed by atoms with van der Waals surface area (Å²) in [5.41, 5.74) is 0.102. The molecule has 0 unspecified atom stereocenters. The van der Waals surface area contributed by atoms with Crippen LogP contribution in [-0.2, 0) is 19.0 Å². The molecule has 0 aromatic heterocycles. The van der Waals surface area contributed by atoms with Crippen molar-refractivity contribution in [1.82, 2.24) is 0 Å². The molecule has 0 radical (unpaired) electrons. The molecule has 0 N–H and O–H groups in total. The second-order valence-electron chi connectivity index (χ2n) is 6.52. The highest BCUT2D eigenvalue weighted by atomic mass is 16.7. The van der Waals surface area contributed by atoms with Gasteiger partial charge in [0.1, 0.15) is 11.5 Å². The van der Waals surface area contributed by atoms with Crippen LogP contribution in [-0.4, -0.2) is 44.8 Å². The first-order chi connectivity index (χ1) is 13.0. The molecule has 1 aromatic carbocycles. The molecule has 0 amide bonds. The van der Waals surface area contributed by atoms with E-state index in [1.165, 1.54) is 0 Å². The summed E-state index contributed by atoms with van der Waals surface area (Å²) < 4.78 is 27.5. The Labute approximate surface area is 161 Å². The van der Waals surface area contributed by atoms with Gasteiger partial charge in [-0.3, -0.25) is 0 Å². The zero-order chi connectivity index (χ0) is 19.7. The van der Waals surface area contributed by atoms with E-state index in [4.69, 9.17) is 23.7 Å². The molecule has 2 atom stereocenters. The molecular formula is C21H30O6. The summed E-state index contributed by atoms with van der Waals surface area (Å²) in [6, 6.07) is 7.51. The maximum Gasteiger partial charge on any atom is 0.338 e. The molecule has 0 fully saturated rings. The fraction of sp³-hybridized carbons (Fsp3) is 0.571. The molecule has 1 aromatic rings. The molecule has 0 aliphatic carbocycles. The van der Waals surface area contributed by atoms with Crippen LogP contribution in [0.1, 0.15) is 40.0 Å². The van der Waals surface area contributed by atoms with E-state index in [9.17, 15) is 4.79 Å². The minimum absolute atomic E-state index is 0.325. The molecule has 0 saturated heterocycles. The number of hydrogen-bond donors (Lipinski definition) is 0. The van der Waals surface area contributed by atoms with Crippen LogP contribution in [0.3, 0.4) is 0 Å². The highest BCUT2D eigenvalue weighted by Crippen LogP contribution is 2.32. The Morgan fingerprint density at radius 3 is 2.52 bits per heavy atom. The third-order valence-electron chi connectivity index (χ3n) is 4.32. The van der Waals surface area contributed by atoms with Crippen molar-refractivity contribution in [3.63, 3.8) is 0 Å². The molecule has 0 saturated carbocycles. The number of hydrogen-bond acceptors (Lipinski definition) is 6. The quantitative estimate of drug-likeness (QED) is 0.350. The summed E-state index contributed by atoms with van der Waals surface area (Å²) in [4.78, 5) is 12.3. The fourth-order valence-corrected chi connectivity index (χ4v) is 3.00. The lowest BCUT2D eigenvalue weighted by Crippen LogP contribution is -2.46. The van der Waals surface area contributed by atoms with Crippen LogP contribution < -0.4 is 9.47 Å². The summed E-state index contributed by atoms with van der Waals surface area (Å²) in [7, 11) is 1.64. The van der Waals surface area contributed by atoms with Crippen LogP contribution in [0.25, 0.3) is 0 Å². The number of benzene rings is 1. The van der Waals surface area contributed by atoms with Crippen LogP contribution in [0.15, 0.2) is 35.9 Å². The van der Waals surface area contributed by atoms with Gasteiger partial charge in [0.25, 0.3) is 0 Å². The van der Waals surface area contributed by atoms with E-state index in [0.717, 1.165) is 29.9 Å². The van der Waals surface area contributed by atoms with Crippen LogP contribution >= 0.6 is 0 Å². The molecule has 2 rings (SSSR count). The van der Waals surface area contributed by atoms with E-state index in [1.54, 1.807) is 21.0 Å². The Balaban J connectivity index is 1.89. The summed E-state index contributed by atoms with van der Waals surface area (Å²) in [6.07, 6.45) is 3.56. The van der Waals surface area contributed by atoms with Gasteiger partial charge in [0.15, 0.2) is 11.9 Å². The number of rotatable bonds is 10. The van der Waals surface area contributed by atoms with Gasteiger partial charge in [-0.25, -0.2) is 4.79 Å². The lowest BCUT2D eigenvalue weighted by atomic mass is 9.91. The van der Waals surface area contributed by atoms with Gasteiger partial charge in [-0.1, -0.05) is 5.57 Å². The van der Waals surface area contributed by atoms with Gasteiger partial charge < -0.3 is 23.7 Å². The predicted octanol–water partition coefficient (Wildman–Crippen LogP) is 3.89. The van der Waals surface area contributed by atoms with Gasteiger partial charge in [0, 0.05) is 13.0 Å². The smallest absolute Gasteiger partial charge is 0.338 e. The Kier molecular flexibility index (Phi) is 8.13. The van der Waals surface area contributed by atoms with Gasteiger partial charge in [-0.15, -0.1) is 0 Å². The van der Waals surface area contributed by atoms with Crippen LogP contribution in [0.4, 0.5) is 0 Å². The molecule has 6 heteroatoms. The predicted molar refractivity (Wildman–Crippen MR) is 102 cm³/mol. The van der Waals surface area contributed by atoms with Crippen LogP contribution in [0.2, 0.25) is 0 Å². The molecular weight excluding hydrogens is 348 g/mol. The third-order valence-corrected chi connectivity index (χ3v) is 4.32. The molecule has 1 aliphatic heterocycles. The standard InChI is InChI=1S/C21H30O6/c1-5-24-19-14-16(15-21(3,27-19)20(22)25-6-2)8-7-13-26-18-11-9-17(23-4)10-12-18/h9-12,14,19H,5-8,13,15H2,1-4H3/t19-,21+/m1/s1. The molecule has 0 spiro atoms. The van der Waals surface area contributed by atoms with E-state index >= 15 is 0 Å². The van der Waals surface area contributed by atoms with Crippen molar-refractivity contribution in [2.24, 2.45) is 0 Å². The zero-order valence-electron chi connectivity index (χ0n) is 16.7. The van der Waals surface area contributed by atoms with Gasteiger partial charge in [0.2, 0.25) is 0 Å². The second kappa shape index (κ2) is 10.3. The topological polar surface area (TPSA) is 63.2 Å². The number of esters is 1. The molecule has 150 valence electrons. The molecule has 0 bridgehead atoms. The first kappa shape index (κ1) is 21.3. The van der Waals surface area contributed by atoms with Gasteiger partial charge in [0.05, 0.1) is 20.3 Å². The van der Waals surface area contributed by atoms with Crippen molar-refractivity contribution in [3.8, 4) is 11.5 Å². The van der Waals surface area contributed by atoms with Crippen molar-refractivity contribution in [2.45, 2.75) is 51.9 Å². The minimum Gasteiger partial charge on any atom is -0.497 e. The Morgan fingerprint density at radius 2 is 1.89 bits per heavy atom. The molecule has 6 nitrogen and oxygen atoms in total. The van der Waals surface area contributed by atoms with E-state index in [0.29, 0.717) is 26.2 Å². The van der Waals surface area contributed by atoms with Gasteiger partial charge >= 0.3 is 5.97 Å². The summed E-state index contributed by atoms with van der Waals surface area (Å²) in [6.45, 7) is 6.87. The van der Waals surface area contributed by atoms with E-state index in [-0.39, 0.29) is 5.97 Å². The van der Waals surface area contributed by atoms with Crippen molar-refractivity contribution >= 4 is 5.97 Å². The molecule has 27 heavy (non-hydrogen) atoms. The van der Waals surface area contributed by atoms with Crippen molar-refractivity contribution in [2.75, 3.05) is 26.9 Å². The average molecular weight is 378 g/mol. The highest BCUT2D eigenvalue weighted by Gasteiger charge is 2.41. The van der Waals surface area contributed by atoms with Gasteiger partial charge in [-0.2, -0.15) is 0 Å². The maximum absolute atomic E-state index is 12.3. The van der Waals surface area contributed by atoms with Crippen molar-refractivity contribution in [1.29, 1.82) is 0 Å². The third kappa shape index (κ3) is 6.26. The Morgan fingerprint density at radius 1 is 1.19 bits per heavy atom. The van der Waals surface area contributed by atoms with Crippen molar-refractivity contribution in [3.05, 3.63) is 35.9 Å². The lowest BCUT2D eigenvalue weighted by Gasteiger charge is -2.35. The Bertz CT molecular complexity index is 624. The van der Waals surface area contributed by atoms with E-state index in [2.05, 4.69) is 0 Å². The lowest BCUT2D eigenvalue weighted by molar-refractivity contribution is -0.209. The van der Waals surface area contributed by atoms with E-state index < -0.39 is 11.9 Å². The monoisotopic (exact) mass is 378 g/mol. The average Bonchev–Trinajstić information content (AvgIpc) is 2.66. The first-order valence-corrected chi connectivity index (χ1v) is 9.43. The summed E-state index contributed by atoms with van der Waals surface area (Å²) in [5, 5.41) is 0. The zero-order valence-corrected chi connectivity index (χ0v) is 16.7. The normalized spacial score (nSPS) is 22.1. The van der Waals surface area contributed by atoms with E-state index in [1.807, 2.05) is 37.3 Å². The fourth-order valence-electron chi connectivity index (χ4n) is 3.00. The first-order valence-electron chi connectivity index (χ1n) is 9.43. The summed E-state index contributed by atoms with van der Waals surface area (Å²) in [5.74, 6) is 1.25. The van der Waals surface area contributed by atoms with Crippen LogP contribution in [0, 0.1) is 0 Å². The number of carbonyl (C=O) groups is 1. The summed E-state index contributed by atoms with van der Waals surface area (Å²) >= 11 is 0. The number of ether oxygens (including phenoxy) is 5. The van der Waals surface area contributed by atoms with Crippen molar-refractivity contribution < 1.29 is 28.5 Å².